The van der Waals surface area contributed by atoms with E-state index in [1.54, 1.807) is 0 Å². The van der Waals surface area contributed by atoms with Gasteiger partial charge in [0, 0.05) is 11.3 Å². The Balaban J connectivity index is 2.21. The smallest absolute Gasteiger partial charge is 0.146 e. The summed E-state index contributed by atoms with van der Waals surface area (Å²) in [5.74, 6) is 1.45. The first-order valence-corrected chi connectivity index (χ1v) is 5.71. The number of fused-ring (bicyclic) bond motifs is 1. The van der Waals surface area contributed by atoms with Gasteiger partial charge in [0.05, 0.1) is 0 Å². The van der Waals surface area contributed by atoms with Gasteiger partial charge >= 0.3 is 0 Å². The van der Waals surface area contributed by atoms with Crippen molar-refractivity contribution in [3.05, 3.63) is 11.6 Å². The number of hydrogen-bond acceptors (Lipinski definition) is 1. The molecule has 1 nitrogen and oxygen atoms in total. The van der Waals surface area contributed by atoms with Crippen molar-refractivity contribution in [1.82, 2.24) is 0 Å². The molecule has 0 heterocycles. The highest BCUT2D eigenvalue weighted by atomic mass is 16.1. The number of carbonyl (C=O) groups excluding carboxylic acids is 1. The fourth-order valence-corrected chi connectivity index (χ4v) is 4.36. The summed E-state index contributed by atoms with van der Waals surface area (Å²) in [6, 6.07) is 0. The van der Waals surface area contributed by atoms with Gasteiger partial charge in [0.2, 0.25) is 0 Å². The minimum atomic E-state index is 0.0215. The predicted octanol–water partition coefficient (Wildman–Crippen LogP) is 2.96. The molecule has 0 saturated heterocycles. The number of hydrogen-bond donors (Lipinski definition) is 0. The zero-order valence-electron chi connectivity index (χ0n) is 9.26. The van der Waals surface area contributed by atoms with Crippen LogP contribution in [0.15, 0.2) is 11.6 Å². The molecule has 2 fully saturated rings. The Morgan fingerprint density at radius 3 is 2.79 bits per heavy atom. The van der Waals surface area contributed by atoms with Gasteiger partial charge in [-0.15, -0.1) is 0 Å². The van der Waals surface area contributed by atoms with Crippen LogP contribution in [0.3, 0.4) is 0 Å². The predicted molar refractivity (Wildman–Crippen MR) is 55.8 cm³/mol. The lowest BCUT2D eigenvalue weighted by molar-refractivity contribution is -0.127. The van der Waals surface area contributed by atoms with Crippen LogP contribution in [0.1, 0.15) is 40.0 Å². The first kappa shape index (κ1) is 8.70. The Labute approximate surface area is 85.6 Å². The maximum absolute atomic E-state index is 12.3. The van der Waals surface area contributed by atoms with E-state index in [1.165, 1.54) is 12.0 Å². The van der Waals surface area contributed by atoms with Gasteiger partial charge in [-0.05, 0) is 37.5 Å². The first-order chi connectivity index (χ1) is 6.47. The molecule has 0 aromatic carbocycles. The molecule has 0 aromatic heterocycles. The minimum absolute atomic E-state index is 0.0215. The Bertz CT molecular complexity index is 354. The van der Waals surface area contributed by atoms with Gasteiger partial charge in [0.25, 0.3) is 0 Å². The fourth-order valence-electron chi connectivity index (χ4n) is 4.36. The minimum Gasteiger partial charge on any atom is -0.298 e. The van der Waals surface area contributed by atoms with E-state index in [2.05, 4.69) is 26.8 Å². The van der Waals surface area contributed by atoms with Crippen molar-refractivity contribution in [2.24, 2.45) is 22.7 Å². The average molecular weight is 190 g/mol. The third-order valence-electron chi connectivity index (χ3n) is 5.21. The SMILES string of the molecule is CC1=C[C@@]2(C)CC[C@@]3(C)C(=O)[C@@H]1C[C@@H]23. The summed E-state index contributed by atoms with van der Waals surface area (Å²) in [5.41, 5.74) is 1.70. The summed E-state index contributed by atoms with van der Waals surface area (Å²) in [6.07, 6.45) is 5.87. The van der Waals surface area contributed by atoms with Crippen molar-refractivity contribution >= 4 is 5.78 Å². The zero-order valence-corrected chi connectivity index (χ0v) is 9.26. The van der Waals surface area contributed by atoms with Gasteiger partial charge in [-0.25, -0.2) is 0 Å². The van der Waals surface area contributed by atoms with E-state index in [-0.39, 0.29) is 11.3 Å². The van der Waals surface area contributed by atoms with E-state index < -0.39 is 0 Å². The monoisotopic (exact) mass is 190 g/mol. The molecule has 0 aliphatic heterocycles. The van der Waals surface area contributed by atoms with Gasteiger partial charge in [-0.2, -0.15) is 0 Å². The molecule has 0 aromatic rings. The van der Waals surface area contributed by atoms with Crippen LogP contribution in [0.2, 0.25) is 0 Å². The maximum atomic E-state index is 12.3. The normalized spacial score (nSPS) is 55.1. The molecule has 3 aliphatic carbocycles. The quantitative estimate of drug-likeness (QED) is 0.537. The van der Waals surface area contributed by atoms with Crippen molar-refractivity contribution in [2.75, 3.05) is 0 Å². The molecule has 0 amide bonds. The van der Waals surface area contributed by atoms with E-state index in [0.717, 1.165) is 12.8 Å². The van der Waals surface area contributed by atoms with Crippen molar-refractivity contribution in [2.45, 2.75) is 40.0 Å². The van der Waals surface area contributed by atoms with Gasteiger partial charge in [-0.1, -0.05) is 25.5 Å². The molecular weight excluding hydrogens is 172 g/mol. The summed E-state index contributed by atoms with van der Waals surface area (Å²) >= 11 is 0. The van der Waals surface area contributed by atoms with Crippen LogP contribution >= 0.6 is 0 Å². The summed E-state index contributed by atoms with van der Waals surface area (Å²) in [4.78, 5) is 12.3. The van der Waals surface area contributed by atoms with Crippen molar-refractivity contribution < 1.29 is 4.79 Å². The third kappa shape index (κ3) is 0.721. The lowest BCUT2D eigenvalue weighted by atomic mass is 9.70. The van der Waals surface area contributed by atoms with Crippen LogP contribution in [0.25, 0.3) is 0 Å². The first-order valence-electron chi connectivity index (χ1n) is 5.71. The largest absolute Gasteiger partial charge is 0.298 e. The molecule has 3 rings (SSSR count). The lowest BCUT2D eigenvalue weighted by Crippen LogP contribution is -2.28. The van der Waals surface area contributed by atoms with Crippen LogP contribution in [0.4, 0.5) is 0 Å². The third-order valence-corrected chi connectivity index (χ3v) is 5.21. The molecule has 3 aliphatic rings. The Hall–Kier alpha value is -0.590. The van der Waals surface area contributed by atoms with Crippen LogP contribution in [-0.4, -0.2) is 5.78 Å². The Morgan fingerprint density at radius 1 is 1.36 bits per heavy atom. The number of carbonyl (C=O) groups is 1. The Kier molecular flexibility index (Phi) is 1.34. The van der Waals surface area contributed by atoms with Crippen molar-refractivity contribution in [3.8, 4) is 0 Å². The summed E-state index contributed by atoms with van der Waals surface area (Å²) in [6.45, 7) is 6.70. The second-order valence-corrected chi connectivity index (χ2v) is 6.02. The molecule has 2 bridgehead atoms. The van der Waals surface area contributed by atoms with Gasteiger partial charge in [0.1, 0.15) is 5.78 Å². The Morgan fingerprint density at radius 2 is 2.07 bits per heavy atom. The van der Waals surface area contributed by atoms with E-state index in [9.17, 15) is 4.79 Å². The summed E-state index contributed by atoms with van der Waals surface area (Å²) in [7, 11) is 0. The van der Waals surface area contributed by atoms with E-state index in [0.29, 0.717) is 17.1 Å². The number of rotatable bonds is 0. The topological polar surface area (TPSA) is 17.1 Å². The molecule has 4 atom stereocenters. The molecule has 2 saturated carbocycles. The van der Waals surface area contributed by atoms with Gasteiger partial charge < -0.3 is 0 Å². The summed E-state index contributed by atoms with van der Waals surface area (Å²) < 4.78 is 0. The highest BCUT2D eigenvalue weighted by Crippen LogP contribution is 2.66. The zero-order chi connectivity index (χ0) is 10.1. The van der Waals surface area contributed by atoms with E-state index in [1.807, 2.05) is 0 Å². The molecule has 0 N–H and O–H groups in total. The fraction of sp³-hybridized carbons (Fsp3) is 0.769. The summed E-state index contributed by atoms with van der Waals surface area (Å²) in [5, 5.41) is 0. The van der Waals surface area contributed by atoms with E-state index in [4.69, 9.17) is 0 Å². The molecule has 76 valence electrons. The van der Waals surface area contributed by atoms with Crippen LogP contribution < -0.4 is 0 Å². The highest BCUT2D eigenvalue weighted by Gasteiger charge is 2.63. The number of Topliss-reactive ketones (excluding diaryl/α,β-unsaturated/α-hetero) is 1. The molecule has 1 heteroatoms. The molecule has 0 radical (unpaired) electrons. The molecule has 14 heavy (non-hydrogen) atoms. The molecular formula is C13H18O. The van der Waals surface area contributed by atoms with Crippen LogP contribution in [0, 0.1) is 22.7 Å². The van der Waals surface area contributed by atoms with Gasteiger partial charge in [0.15, 0.2) is 0 Å². The second-order valence-electron chi connectivity index (χ2n) is 6.02. The molecule has 0 spiro atoms. The molecule has 0 unspecified atom stereocenters. The van der Waals surface area contributed by atoms with Crippen molar-refractivity contribution in [3.63, 3.8) is 0 Å². The average Bonchev–Trinajstić information content (AvgIpc) is 2.50. The van der Waals surface area contributed by atoms with Crippen molar-refractivity contribution in [1.29, 1.82) is 0 Å². The second kappa shape index (κ2) is 2.15. The standard InChI is InChI=1S/C13H18O/c1-8-7-12(2)4-5-13(3)10(12)6-9(8)11(13)14/h7,9-10H,4-6H2,1-3H3/t9-,10+,12-,13-/m1/s1. The van der Waals surface area contributed by atoms with E-state index >= 15 is 0 Å². The maximum Gasteiger partial charge on any atom is 0.146 e. The van der Waals surface area contributed by atoms with Gasteiger partial charge in [-0.3, -0.25) is 4.79 Å². The lowest BCUT2D eigenvalue weighted by Gasteiger charge is -2.34. The van der Waals surface area contributed by atoms with Crippen LogP contribution in [0.5, 0.6) is 0 Å². The number of ketones is 1. The number of allylic oxidation sites excluding steroid dienone is 2. The van der Waals surface area contributed by atoms with Crippen LogP contribution in [-0.2, 0) is 4.79 Å². The highest BCUT2D eigenvalue weighted by molar-refractivity contribution is 5.93.